The molecular formula is C27H32N6O. The summed E-state index contributed by atoms with van der Waals surface area (Å²) in [6.07, 6.45) is 5.50. The summed E-state index contributed by atoms with van der Waals surface area (Å²) in [5.74, 6) is 0.744. The number of nitrogens with zero attached hydrogens (tertiary/aromatic N) is 5. The van der Waals surface area contributed by atoms with Crippen LogP contribution in [0.3, 0.4) is 0 Å². The van der Waals surface area contributed by atoms with Crippen molar-refractivity contribution in [3.05, 3.63) is 87.0 Å². The maximum Gasteiger partial charge on any atom is 0.253 e. The fourth-order valence-corrected chi connectivity index (χ4v) is 5.09. The van der Waals surface area contributed by atoms with Gasteiger partial charge in [0.2, 0.25) is 0 Å². The number of benzene rings is 2. The molecule has 1 aliphatic rings. The molecule has 7 nitrogen and oxygen atoms in total. The highest BCUT2D eigenvalue weighted by molar-refractivity contribution is 5.85. The number of nitrogens with one attached hydrogen (secondary N) is 1. The van der Waals surface area contributed by atoms with Crippen LogP contribution >= 0.6 is 0 Å². The highest BCUT2D eigenvalue weighted by Crippen LogP contribution is 2.30. The summed E-state index contributed by atoms with van der Waals surface area (Å²) >= 11 is 0. The Morgan fingerprint density at radius 2 is 1.71 bits per heavy atom. The minimum Gasteiger partial charge on any atom is -0.321 e. The molecule has 0 spiro atoms. The molecule has 1 fully saturated rings. The number of fused-ring (bicyclic) bond motifs is 1. The van der Waals surface area contributed by atoms with E-state index in [0.29, 0.717) is 6.54 Å². The summed E-state index contributed by atoms with van der Waals surface area (Å²) in [4.78, 5) is 19.1. The zero-order chi connectivity index (χ0) is 23.5. The number of rotatable bonds is 6. The summed E-state index contributed by atoms with van der Waals surface area (Å²) < 4.78 is 1.88. The molecule has 0 amide bonds. The van der Waals surface area contributed by atoms with E-state index in [1.165, 1.54) is 18.4 Å². The molecule has 1 unspecified atom stereocenters. The molecule has 34 heavy (non-hydrogen) atoms. The number of aromatic amines is 1. The number of tetrazole rings is 1. The first-order chi connectivity index (χ1) is 16.6. The van der Waals surface area contributed by atoms with E-state index in [-0.39, 0.29) is 11.6 Å². The zero-order valence-electron chi connectivity index (χ0n) is 20.0. The summed E-state index contributed by atoms with van der Waals surface area (Å²) in [6.45, 7) is 6.66. The topological polar surface area (TPSA) is 79.7 Å². The van der Waals surface area contributed by atoms with Crippen molar-refractivity contribution in [1.29, 1.82) is 0 Å². The number of hydrogen-bond acceptors (Lipinski definition) is 5. The normalized spacial score (nSPS) is 15.9. The van der Waals surface area contributed by atoms with E-state index in [4.69, 9.17) is 0 Å². The molecule has 7 heteroatoms. The van der Waals surface area contributed by atoms with Crippen molar-refractivity contribution < 1.29 is 0 Å². The second-order valence-corrected chi connectivity index (χ2v) is 9.39. The first-order valence-corrected chi connectivity index (χ1v) is 12.3. The third kappa shape index (κ3) is 4.53. The zero-order valence-corrected chi connectivity index (χ0v) is 20.0. The van der Waals surface area contributed by atoms with Crippen molar-refractivity contribution in [2.75, 3.05) is 13.1 Å². The maximum atomic E-state index is 13.5. The molecule has 2 aromatic carbocycles. The Balaban J connectivity index is 1.59. The van der Waals surface area contributed by atoms with Crippen LogP contribution in [0.4, 0.5) is 0 Å². The largest absolute Gasteiger partial charge is 0.321 e. The van der Waals surface area contributed by atoms with Crippen LogP contribution in [0.15, 0.2) is 53.3 Å². The van der Waals surface area contributed by atoms with Gasteiger partial charge in [0, 0.05) is 17.5 Å². The second kappa shape index (κ2) is 9.89. The van der Waals surface area contributed by atoms with Gasteiger partial charge in [0.15, 0.2) is 5.82 Å². The molecule has 0 aliphatic carbocycles. The Kier molecular flexibility index (Phi) is 6.54. The highest BCUT2D eigenvalue weighted by atomic mass is 16.1. The molecule has 0 radical (unpaired) electrons. The van der Waals surface area contributed by atoms with Crippen LogP contribution in [0.1, 0.15) is 59.8 Å². The standard InChI is InChI=1S/C27H32N6O/c1-19-12-13-20(2)24-22(19)18-23(27(34)28-24)25(32-15-8-3-4-9-16-32)26-29-30-31-33(26)17-14-21-10-6-5-7-11-21/h5-7,10-13,18,25H,3-4,8-9,14-17H2,1-2H3,(H,28,34). The van der Waals surface area contributed by atoms with Crippen LogP contribution < -0.4 is 5.56 Å². The molecule has 4 aromatic rings. The van der Waals surface area contributed by atoms with Crippen LogP contribution in [0.25, 0.3) is 10.9 Å². The van der Waals surface area contributed by atoms with E-state index in [1.54, 1.807) is 0 Å². The Hall–Kier alpha value is -3.32. The summed E-state index contributed by atoms with van der Waals surface area (Å²) in [6, 6.07) is 16.3. The predicted molar refractivity (Wildman–Crippen MR) is 134 cm³/mol. The molecule has 1 atom stereocenters. The highest BCUT2D eigenvalue weighted by Gasteiger charge is 2.31. The smallest absolute Gasteiger partial charge is 0.253 e. The number of pyridine rings is 1. The lowest BCUT2D eigenvalue weighted by atomic mass is 9.99. The first-order valence-electron chi connectivity index (χ1n) is 12.3. The summed E-state index contributed by atoms with van der Waals surface area (Å²) in [7, 11) is 0. The summed E-state index contributed by atoms with van der Waals surface area (Å²) in [5.41, 5.74) is 5.03. The lowest BCUT2D eigenvalue weighted by molar-refractivity contribution is 0.220. The van der Waals surface area contributed by atoms with E-state index in [1.807, 2.05) is 17.7 Å². The van der Waals surface area contributed by atoms with E-state index in [9.17, 15) is 4.79 Å². The average molecular weight is 457 g/mol. The predicted octanol–water partition coefficient (Wildman–Crippen LogP) is 4.34. The molecule has 1 N–H and O–H groups in total. The van der Waals surface area contributed by atoms with Gasteiger partial charge in [-0.2, -0.15) is 0 Å². The van der Waals surface area contributed by atoms with Crippen LogP contribution in [-0.4, -0.2) is 43.2 Å². The quantitative estimate of drug-likeness (QED) is 0.467. The molecular weight excluding hydrogens is 424 g/mol. The third-order valence-electron chi connectivity index (χ3n) is 7.03. The van der Waals surface area contributed by atoms with E-state index in [0.717, 1.165) is 65.8 Å². The lowest BCUT2D eigenvalue weighted by Crippen LogP contribution is -2.36. The Labute approximate surface area is 199 Å². The molecule has 0 saturated carbocycles. The molecule has 1 aliphatic heterocycles. The summed E-state index contributed by atoms with van der Waals surface area (Å²) in [5, 5.41) is 13.9. The van der Waals surface area contributed by atoms with Gasteiger partial charge in [0.05, 0.1) is 5.52 Å². The average Bonchev–Trinajstić information content (AvgIpc) is 3.14. The van der Waals surface area contributed by atoms with Crippen molar-refractivity contribution in [2.45, 2.75) is 58.5 Å². The molecule has 1 saturated heterocycles. The molecule has 3 heterocycles. The van der Waals surface area contributed by atoms with Gasteiger partial charge in [-0.05, 0) is 79.4 Å². The van der Waals surface area contributed by atoms with Crippen molar-refractivity contribution in [3.8, 4) is 0 Å². The number of likely N-dealkylation sites (tertiary alicyclic amines) is 1. The van der Waals surface area contributed by atoms with Gasteiger partial charge in [-0.3, -0.25) is 9.69 Å². The van der Waals surface area contributed by atoms with Gasteiger partial charge in [0.1, 0.15) is 6.04 Å². The third-order valence-corrected chi connectivity index (χ3v) is 7.03. The molecule has 2 aromatic heterocycles. The molecule has 176 valence electrons. The Bertz CT molecular complexity index is 1320. The van der Waals surface area contributed by atoms with Gasteiger partial charge >= 0.3 is 0 Å². The van der Waals surface area contributed by atoms with Crippen LogP contribution in [0.5, 0.6) is 0 Å². The second-order valence-electron chi connectivity index (χ2n) is 9.39. The lowest BCUT2D eigenvalue weighted by Gasteiger charge is -2.29. The fraction of sp³-hybridized carbons (Fsp3) is 0.407. The van der Waals surface area contributed by atoms with Gasteiger partial charge in [0.25, 0.3) is 5.56 Å². The van der Waals surface area contributed by atoms with Gasteiger partial charge in [-0.15, -0.1) is 5.10 Å². The monoisotopic (exact) mass is 456 g/mol. The molecule has 5 rings (SSSR count). The number of hydrogen-bond donors (Lipinski definition) is 1. The van der Waals surface area contributed by atoms with Gasteiger partial charge in [-0.1, -0.05) is 55.3 Å². The van der Waals surface area contributed by atoms with Crippen molar-refractivity contribution in [3.63, 3.8) is 0 Å². The van der Waals surface area contributed by atoms with Crippen LogP contribution in [-0.2, 0) is 13.0 Å². The SMILES string of the molecule is Cc1ccc(C)c2[nH]c(=O)c(C(c3nnnn3CCc3ccccc3)N3CCCCCC3)cc12. The van der Waals surface area contributed by atoms with Crippen LogP contribution in [0, 0.1) is 13.8 Å². The minimum atomic E-state index is -0.281. The number of aromatic nitrogens is 5. The minimum absolute atomic E-state index is 0.0620. The Morgan fingerprint density at radius 3 is 2.47 bits per heavy atom. The van der Waals surface area contributed by atoms with Crippen molar-refractivity contribution >= 4 is 10.9 Å². The van der Waals surface area contributed by atoms with Crippen molar-refractivity contribution in [2.24, 2.45) is 0 Å². The maximum absolute atomic E-state index is 13.5. The Morgan fingerprint density at radius 1 is 0.971 bits per heavy atom. The fourth-order valence-electron chi connectivity index (χ4n) is 5.09. The number of aryl methyl sites for hydroxylation is 4. The van der Waals surface area contributed by atoms with Gasteiger partial charge < -0.3 is 4.98 Å². The van der Waals surface area contributed by atoms with E-state index in [2.05, 4.69) is 74.8 Å². The van der Waals surface area contributed by atoms with Gasteiger partial charge in [-0.25, -0.2) is 4.68 Å². The first kappa shape index (κ1) is 22.5. The van der Waals surface area contributed by atoms with Crippen LogP contribution in [0.2, 0.25) is 0 Å². The number of H-pyrrole nitrogens is 1. The van der Waals surface area contributed by atoms with Crippen molar-refractivity contribution in [1.82, 2.24) is 30.1 Å². The molecule has 0 bridgehead atoms. The van der Waals surface area contributed by atoms with E-state index >= 15 is 0 Å². The van der Waals surface area contributed by atoms with E-state index < -0.39 is 0 Å².